The van der Waals surface area contributed by atoms with E-state index in [0.717, 1.165) is 58.0 Å². The van der Waals surface area contributed by atoms with Crippen molar-refractivity contribution < 1.29 is 14.3 Å². The number of benzene rings is 1. The Kier molecular flexibility index (Phi) is 7.70. The maximum Gasteiger partial charge on any atom is 0.335 e. The Labute approximate surface area is 180 Å². The van der Waals surface area contributed by atoms with Crippen molar-refractivity contribution in [3.05, 3.63) is 47.0 Å². The topological polar surface area (TPSA) is 58.6 Å². The predicted octanol–water partition coefficient (Wildman–Crippen LogP) is 4.37. The highest BCUT2D eigenvalue weighted by Gasteiger charge is 2.48. The molecule has 3 rings (SSSR count). The van der Waals surface area contributed by atoms with E-state index in [1.54, 1.807) is 6.92 Å². The molecule has 1 heterocycles. The van der Waals surface area contributed by atoms with E-state index in [1.807, 2.05) is 6.07 Å². The van der Waals surface area contributed by atoms with Crippen LogP contribution in [0.25, 0.3) is 0 Å². The molecule has 1 aromatic carbocycles. The van der Waals surface area contributed by atoms with Crippen molar-refractivity contribution in [3.8, 4) is 0 Å². The van der Waals surface area contributed by atoms with Crippen LogP contribution in [0.4, 0.5) is 0 Å². The van der Waals surface area contributed by atoms with E-state index < -0.39 is 5.60 Å². The van der Waals surface area contributed by atoms with Crippen molar-refractivity contribution in [2.24, 2.45) is 0 Å². The number of carbonyl (C=O) groups is 2. The lowest BCUT2D eigenvalue weighted by Gasteiger charge is -2.29. The number of carbonyl (C=O) groups excluding carboxylic acids is 2. The summed E-state index contributed by atoms with van der Waals surface area (Å²) >= 11 is 0. The van der Waals surface area contributed by atoms with Crippen molar-refractivity contribution in [1.29, 1.82) is 0 Å². The average molecular weight is 413 g/mol. The van der Waals surface area contributed by atoms with Crippen molar-refractivity contribution in [3.63, 3.8) is 0 Å². The molecule has 0 saturated heterocycles. The minimum atomic E-state index is -0.695. The van der Waals surface area contributed by atoms with E-state index in [1.165, 1.54) is 5.56 Å². The summed E-state index contributed by atoms with van der Waals surface area (Å²) in [6.07, 6.45) is 6.67. The van der Waals surface area contributed by atoms with E-state index in [-0.39, 0.29) is 11.9 Å². The smallest absolute Gasteiger partial charge is 0.335 e. The number of hydrogen-bond acceptors (Lipinski definition) is 4. The highest BCUT2D eigenvalue weighted by molar-refractivity contribution is 6.07. The number of nitrogens with zero attached hydrogens (tertiary/aromatic N) is 1. The van der Waals surface area contributed by atoms with Crippen LogP contribution in [0.3, 0.4) is 0 Å². The third kappa shape index (κ3) is 5.31. The molecule has 164 valence electrons. The van der Waals surface area contributed by atoms with Gasteiger partial charge >= 0.3 is 5.97 Å². The summed E-state index contributed by atoms with van der Waals surface area (Å²) in [5.74, 6) is -0.449. The number of amides is 1. The summed E-state index contributed by atoms with van der Waals surface area (Å²) in [4.78, 5) is 27.7. The van der Waals surface area contributed by atoms with E-state index in [4.69, 9.17) is 4.74 Å². The van der Waals surface area contributed by atoms with Gasteiger partial charge in [0, 0.05) is 31.2 Å². The summed E-state index contributed by atoms with van der Waals surface area (Å²) in [7, 11) is 0. The van der Waals surface area contributed by atoms with Crippen LogP contribution in [0.2, 0.25) is 0 Å². The summed E-state index contributed by atoms with van der Waals surface area (Å²) < 4.78 is 5.78. The number of hydrogen-bond donors (Lipinski definition) is 1. The summed E-state index contributed by atoms with van der Waals surface area (Å²) in [5.41, 5.74) is 1.67. The molecule has 0 aromatic heterocycles. The minimum absolute atomic E-state index is 0.126. The first-order valence-electron chi connectivity index (χ1n) is 11.4. The summed E-state index contributed by atoms with van der Waals surface area (Å²) in [6.45, 7) is 8.54. The molecule has 5 nitrogen and oxygen atoms in total. The van der Waals surface area contributed by atoms with Crippen molar-refractivity contribution in [2.45, 2.75) is 83.9 Å². The van der Waals surface area contributed by atoms with E-state index in [9.17, 15) is 9.59 Å². The highest BCUT2D eigenvalue weighted by Crippen LogP contribution is 2.42. The fourth-order valence-corrected chi connectivity index (χ4v) is 4.69. The molecule has 1 aliphatic heterocycles. The molecule has 5 heteroatoms. The van der Waals surface area contributed by atoms with Gasteiger partial charge in [0.1, 0.15) is 5.60 Å². The van der Waals surface area contributed by atoms with E-state index in [0.29, 0.717) is 23.7 Å². The fraction of sp³-hybridized carbons (Fsp3) is 0.600. The van der Waals surface area contributed by atoms with Gasteiger partial charge in [-0.2, -0.15) is 0 Å². The third-order valence-electron chi connectivity index (χ3n) is 6.43. The predicted molar refractivity (Wildman–Crippen MR) is 119 cm³/mol. The molecule has 0 bridgehead atoms. The van der Waals surface area contributed by atoms with Crippen LogP contribution in [0.5, 0.6) is 0 Å². The Hall–Kier alpha value is -2.14. The zero-order valence-electron chi connectivity index (χ0n) is 18.7. The van der Waals surface area contributed by atoms with Crippen LogP contribution in [-0.4, -0.2) is 41.5 Å². The van der Waals surface area contributed by atoms with Crippen molar-refractivity contribution >= 4 is 11.9 Å². The van der Waals surface area contributed by atoms with Crippen LogP contribution >= 0.6 is 0 Å². The van der Waals surface area contributed by atoms with Gasteiger partial charge in [0.15, 0.2) is 0 Å². The van der Waals surface area contributed by atoms with Gasteiger partial charge in [0.2, 0.25) is 0 Å². The zero-order valence-corrected chi connectivity index (χ0v) is 18.7. The molecule has 1 aromatic rings. The molecular weight excluding hydrogens is 376 g/mol. The Bertz CT molecular complexity index is 762. The van der Waals surface area contributed by atoms with Gasteiger partial charge in [-0.25, -0.2) is 4.79 Å². The van der Waals surface area contributed by atoms with Crippen LogP contribution in [-0.2, 0) is 20.9 Å². The first-order chi connectivity index (χ1) is 14.4. The van der Waals surface area contributed by atoms with E-state index in [2.05, 4.69) is 48.3 Å². The molecule has 30 heavy (non-hydrogen) atoms. The number of esters is 1. The average Bonchev–Trinajstić information content (AvgIpc) is 2.86. The normalized spacial score (nSPS) is 18.8. The molecule has 1 fully saturated rings. The molecule has 1 N–H and O–H groups in total. The van der Waals surface area contributed by atoms with Gasteiger partial charge in [0.25, 0.3) is 5.91 Å². The lowest BCUT2D eigenvalue weighted by atomic mass is 9.84. The number of nitrogens with one attached hydrogen (secondary N) is 1. The first-order valence-corrected chi connectivity index (χ1v) is 11.4. The molecular formula is C25H36N2O3. The maximum absolute atomic E-state index is 13.0. The monoisotopic (exact) mass is 412 g/mol. The van der Waals surface area contributed by atoms with Crippen LogP contribution < -0.4 is 5.32 Å². The molecule has 0 atom stereocenters. The third-order valence-corrected chi connectivity index (χ3v) is 6.43. The standard InChI is InChI=1S/C25H36N2O3/c1-19(2)27(18-21-12-7-6-8-13-21)17-11-16-26-23(28)22-20(3)24(29)30-25(22)14-9-4-5-10-15-25/h6-8,12-13,19H,4-5,9-11,14-18H2,1-3H3,(H,26,28). The van der Waals surface area contributed by atoms with Crippen LogP contribution in [0.1, 0.15) is 71.3 Å². The van der Waals surface area contributed by atoms with Crippen LogP contribution in [0.15, 0.2) is 41.5 Å². The Morgan fingerprint density at radius 2 is 1.80 bits per heavy atom. The summed E-state index contributed by atoms with van der Waals surface area (Å²) in [5, 5.41) is 3.07. The second kappa shape index (κ2) is 10.3. The molecule has 0 radical (unpaired) electrons. The van der Waals surface area contributed by atoms with Crippen molar-refractivity contribution in [1.82, 2.24) is 10.2 Å². The molecule has 0 unspecified atom stereocenters. The van der Waals surface area contributed by atoms with E-state index >= 15 is 0 Å². The molecule has 1 spiro atoms. The van der Waals surface area contributed by atoms with Gasteiger partial charge in [-0.1, -0.05) is 43.2 Å². The minimum Gasteiger partial charge on any atom is -0.451 e. The van der Waals surface area contributed by atoms with Crippen LogP contribution in [0, 0.1) is 0 Å². The Morgan fingerprint density at radius 1 is 1.13 bits per heavy atom. The highest BCUT2D eigenvalue weighted by atomic mass is 16.6. The fourth-order valence-electron chi connectivity index (χ4n) is 4.69. The lowest BCUT2D eigenvalue weighted by Crippen LogP contribution is -2.40. The Morgan fingerprint density at radius 3 is 2.43 bits per heavy atom. The zero-order chi connectivity index (χ0) is 21.6. The first kappa shape index (κ1) is 22.5. The second-order valence-electron chi connectivity index (χ2n) is 8.96. The lowest BCUT2D eigenvalue weighted by molar-refractivity contribution is -0.148. The number of ether oxygens (including phenoxy) is 1. The maximum atomic E-state index is 13.0. The van der Waals surface area contributed by atoms with Gasteiger partial charge in [-0.3, -0.25) is 9.69 Å². The number of rotatable bonds is 8. The second-order valence-corrected chi connectivity index (χ2v) is 8.96. The summed E-state index contributed by atoms with van der Waals surface area (Å²) in [6, 6.07) is 10.9. The molecule has 1 aliphatic carbocycles. The Balaban J connectivity index is 1.55. The van der Waals surface area contributed by atoms with Crippen molar-refractivity contribution in [2.75, 3.05) is 13.1 Å². The van der Waals surface area contributed by atoms with Gasteiger partial charge in [-0.05, 0) is 58.4 Å². The van der Waals surface area contributed by atoms with Gasteiger partial charge in [0.05, 0.1) is 5.57 Å². The molecule has 2 aliphatic rings. The SMILES string of the molecule is CC1=C(C(=O)NCCCN(Cc2ccccc2)C(C)C)C2(CCCCCC2)OC1=O. The molecule has 1 amide bonds. The molecule has 1 saturated carbocycles. The van der Waals surface area contributed by atoms with Gasteiger partial charge < -0.3 is 10.1 Å². The largest absolute Gasteiger partial charge is 0.451 e. The van der Waals surface area contributed by atoms with Gasteiger partial charge in [-0.15, -0.1) is 0 Å². The quantitative estimate of drug-likeness (QED) is 0.509.